The van der Waals surface area contributed by atoms with Gasteiger partial charge in [-0.3, -0.25) is 9.52 Å². The van der Waals surface area contributed by atoms with Gasteiger partial charge in [0.25, 0.3) is 15.9 Å². The second-order valence-corrected chi connectivity index (χ2v) is 10.5. The van der Waals surface area contributed by atoms with Gasteiger partial charge in [0, 0.05) is 45.3 Å². The Hall–Kier alpha value is -3.52. The first-order chi connectivity index (χ1) is 18.8. The minimum absolute atomic E-state index is 0.128. The lowest BCUT2D eigenvalue weighted by atomic mass is 10.1. The maximum atomic E-state index is 13.2. The maximum Gasteiger partial charge on any atom is 0.490 e. The van der Waals surface area contributed by atoms with E-state index in [-0.39, 0.29) is 10.8 Å². The van der Waals surface area contributed by atoms with E-state index < -0.39 is 22.2 Å². The lowest BCUT2D eigenvalue weighted by Gasteiger charge is -2.31. The van der Waals surface area contributed by atoms with Gasteiger partial charge in [-0.05, 0) is 55.8 Å². The van der Waals surface area contributed by atoms with Crippen LogP contribution in [0.3, 0.4) is 0 Å². The maximum absolute atomic E-state index is 13.2. The molecule has 1 amide bonds. The van der Waals surface area contributed by atoms with Gasteiger partial charge in [0.1, 0.15) is 5.75 Å². The zero-order valence-corrected chi connectivity index (χ0v) is 23.4. The van der Waals surface area contributed by atoms with Crippen LogP contribution in [-0.4, -0.2) is 82.9 Å². The van der Waals surface area contributed by atoms with Crippen molar-refractivity contribution in [3.05, 3.63) is 48.0 Å². The Bertz CT molecular complexity index is 1230. The fourth-order valence-electron chi connectivity index (χ4n) is 3.73. The number of piperazine rings is 1. The zero-order chi connectivity index (χ0) is 29.9. The van der Waals surface area contributed by atoms with Gasteiger partial charge in [-0.1, -0.05) is 13.3 Å². The topological polar surface area (TPSA) is 128 Å². The Labute approximate surface area is 232 Å². The molecule has 0 atom stereocenters. The Morgan fingerprint density at radius 2 is 1.70 bits per heavy atom. The van der Waals surface area contributed by atoms with Gasteiger partial charge in [0.2, 0.25) is 0 Å². The van der Waals surface area contributed by atoms with E-state index in [2.05, 4.69) is 21.9 Å². The summed E-state index contributed by atoms with van der Waals surface area (Å²) in [7, 11) is -2.09. The Balaban J connectivity index is 0.000000708. The number of sulfonamides is 1. The average molecular weight is 589 g/mol. The fourth-order valence-corrected chi connectivity index (χ4v) is 4.80. The number of hydrogen-bond donors (Lipinski definition) is 3. The van der Waals surface area contributed by atoms with Gasteiger partial charge in [-0.15, -0.1) is 0 Å². The number of carbonyl (C=O) groups excluding carboxylic acids is 1. The standard InChI is InChI=1S/C24H34N4O4S.C2HF3O2/c1-4-6-15-27(3)24(29)19-7-12-23(28-16-13-25-14-17-28)22(18-19)26-33(30,31)21-10-8-20(9-11-21)32-5-2;3-2(4,5)1(6)7/h7-12,18,25-26H,4-6,13-17H2,1-3H3;(H,6,7). The van der Waals surface area contributed by atoms with Crippen molar-refractivity contribution in [2.75, 3.05) is 56.0 Å². The van der Waals surface area contributed by atoms with Crippen LogP contribution >= 0.6 is 0 Å². The van der Waals surface area contributed by atoms with Crippen LogP contribution in [0.25, 0.3) is 0 Å². The molecule has 2 aromatic rings. The van der Waals surface area contributed by atoms with Crippen LogP contribution in [0.5, 0.6) is 5.75 Å². The third-order valence-corrected chi connectivity index (χ3v) is 7.21. The molecule has 0 radical (unpaired) electrons. The van der Waals surface area contributed by atoms with Crippen LogP contribution in [0.1, 0.15) is 37.0 Å². The highest BCUT2D eigenvalue weighted by atomic mass is 32.2. The van der Waals surface area contributed by atoms with Crippen LogP contribution in [0.4, 0.5) is 24.5 Å². The van der Waals surface area contributed by atoms with Crippen LogP contribution in [0.15, 0.2) is 47.4 Å². The number of benzene rings is 2. The van der Waals surface area contributed by atoms with Crippen molar-refractivity contribution in [1.82, 2.24) is 10.2 Å². The van der Waals surface area contributed by atoms with Gasteiger partial charge in [-0.25, -0.2) is 13.2 Å². The second-order valence-electron chi connectivity index (χ2n) is 8.86. The summed E-state index contributed by atoms with van der Waals surface area (Å²) in [5, 5.41) is 10.4. The Kier molecular flexibility index (Phi) is 12.1. The van der Waals surface area contributed by atoms with Crippen LogP contribution in [0, 0.1) is 0 Å². The molecule has 1 saturated heterocycles. The summed E-state index contributed by atoms with van der Waals surface area (Å²) in [6.07, 6.45) is -3.18. The molecule has 2 aromatic carbocycles. The molecule has 1 aliphatic heterocycles. The molecule has 1 heterocycles. The van der Waals surface area contributed by atoms with Gasteiger partial charge < -0.3 is 25.0 Å². The van der Waals surface area contributed by atoms with E-state index in [1.807, 2.05) is 13.0 Å². The number of alkyl halides is 3. The number of rotatable bonds is 10. The summed E-state index contributed by atoms with van der Waals surface area (Å²) in [5.41, 5.74) is 1.62. The van der Waals surface area contributed by atoms with Crippen LogP contribution < -0.4 is 19.7 Å². The number of hydrogen-bond acceptors (Lipinski definition) is 7. The summed E-state index contributed by atoms with van der Waals surface area (Å²) in [6.45, 7) is 8.24. The quantitative estimate of drug-likeness (QED) is 0.383. The number of halogens is 3. The number of carboxylic acid groups (broad SMARTS) is 1. The number of ether oxygens (including phenoxy) is 1. The number of unbranched alkanes of at least 4 members (excludes halogenated alkanes) is 1. The molecule has 222 valence electrons. The molecule has 40 heavy (non-hydrogen) atoms. The van der Waals surface area contributed by atoms with Crippen LogP contribution in [0.2, 0.25) is 0 Å². The summed E-state index contributed by atoms with van der Waals surface area (Å²) in [5.74, 6) is -2.27. The largest absolute Gasteiger partial charge is 0.494 e. The number of amides is 1. The molecule has 0 saturated carbocycles. The number of carboxylic acids is 1. The van der Waals surface area contributed by atoms with E-state index >= 15 is 0 Å². The SMILES string of the molecule is CCCCN(C)C(=O)c1ccc(N2CCNCC2)c(NS(=O)(=O)c2ccc(OCC)cc2)c1.O=C(O)C(F)(F)F. The third-order valence-electron chi connectivity index (χ3n) is 5.83. The van der Waals surface area contributed by atoms with Gasteiger partial charge in [-0.2, -0.15) is 13.2 Å². The normalized spacial score (nSPS) is 13.6. The van der Waals surface area contributed by atoms with E-state index in [9.17, 15) is 26.4 Å². The predicted molar refractivity (Wildman–Crippen MR) is 146 cm³/mol. The van der Waals surface area contributed by atoms with E-state index in [4.69, 9.17) is 14.6 Å². The highest BCUT2D eigenvalue weighted by Crippen LogP contribution is 2.31. The number of anilines is 2. The molecule has 1 fully saturated rings. The number of carbonyl (C=O) groups is 2. The van der Waals surface area contributed by atoms with E-state index in [0.29, 0.717) is 30.2 Å². The van der Waals surface area contributed by atoms with Crippen molar-refractivity contribution >= 4 is 33.3 Å². The van der Waals surface area contributed by atoms with E-state index in [1.165, 1.54) is 12.1 Å². The predicted octanol–water partition coefficient (Wildman–Crippen LogP) is 3.80. The molecule has 1 aliphatic rings. The van der Waals surface area contributed by atoms with Gasteiger partial charge in [0.15, 0.2) is 0 Å². The molecule has 10 nitrogen and oxygen atoms in total. The highest BCUT2D eigenvalue weighted by Gasteiger charge is 2.38. The molecule has 0 aromatic heterocycles. The van der Waals surface area contributed by atoms with Crippen molar-refractivity contribution in [2.24, 2.45) is 0 Å². The molecule has 0 unspecified atom stereocenters. The van der Waals surface area contributed by atoms with Crippen molar-refractivity contribution in [3.8, 4) is 5.75 Å². The smallest absolute Gasteiger partial charge is 0.490 e. The molecule has 3 N–H and O–H groups in total. The first-order valence-corrected chi connectivity index (χ1v) is 14.2. The first kappa shape index (κ1) is 32.7. The van der Waals surface area contributed by atoms with Crippen molar-refractivity contribution in [1.29, 1.82) is 0 Å². The summed E-state index contributed by atoms with van der Waals surface area (Å²) >= 11 is 0. The Morgan fingerprint density at radius 3 is 2.23 bits per heavy atom. The summed E-state index contributed by atoms with van der Waals surface area (Å²) in [4.78, 5) is 25.8. The molecule has 3 rings (SSSR count). The van der Waals surface area contributed by atoms with E-state index in [0.717, 1.165) is 44.7 Å². The monoisotopic (exact) mass is 588 g/mol. The number of aliphatic carboxylic acids is 1. The molecular formula is C26H35F3N4O6S. The molecule has 0 aliphatic carbocycles. The van der Waals surface area contributed by atoms with Crippen LogP contribution in [-0.2, 0) is 14.8 Å². The fraction of sp³-hybridized carbons (Fsp3) is 0.462. The number of nitrogens with zero attached hydrogens (tertiary/aromatic N) is 2. The van der Waals surface area contributed by atoms with Crippen molar-refractivity contribution < 1.29 is 41.0 Å². The molecule has 0 spiro atoms. The lowest BCUT2D eigenvalue weighted by Crippen LogP contribution is -2.43. The first-order valence-electron chi connectivity index (χ1n) is 12.7. The zero-order valence-electron chi connectivity index (χ0n) is 22.6. The minimum atomic E-state index is -5.08. The average Bonchev–Trinajstić information content (AvgIpc) is 2.92. The second kappa shape index (κ2) is 14.7. The highest BCUT2D eigenvalue weighted by molar-refractivity contribution is 7.92. The van der Waals surface area contributed by atoms with E-state index in [1.54, 1.807) is 36.2 Å². The molecule has 0 bridgehead atoms. The number of nitrogens with one attached hydrogen (secondary N) is 2. The van der Waals surface area contributed by atoms with Crippen molar-refractivity contribution in [3.63, 3.8) is 0 Å². The third kappa shape index (κ3) is 9.59. The van der Waals surface area contributed by atoms with Gasteiger partial charge in [0.05, 0.1) is 22.9 Å². The molecule has 14 heteroatoms. The Morgan fingerprint density at radius 1 is 1.10 bits per heavy atom. The van der Waals surface area contributed by atoms with Gasteiger partial charge >= 0.3 is 12.1 Å². The lowest BCUT2D eigenvalue weighted by molar-refractivity contribution is -0.192. The molecular weight excluding hydrogens is 553 g/mol. The van der Waals surface area contributed by atoms with Crippen molar-refractivity contribution in [2.45, 2.75) is 37.8 Å². The summed E-state index contributed by atoms with van der Waals surface area (Å²) < 4.78 is 66.2. The minimum Gasteiger partial charge on any atom is -0.494 e. The summed E-state index contributed by atoms with van der Waals surface area (Å²) in [6, 6.07) is 11.6.